The fourth-order valence-electron chi connectivity index (χ4n) is 4.07. The number of rotatable bonds is 9. The van der Waals surface area contributed by atoms with Crippen molar-refractivity contribution in [2.45, 2.75) is 25.7 Å². The van der Waals surface area contributed by atoms with Crippen molar-refractivity contribution < 1.29 is 18.4 Å². The number of hydrogen-bond donors (Lipinski definition) is 1. The fraction of sp³-hybridized carbons (Fsp3) is 0.148. The van der Waals surface area contributed by atoms with E-state index in [0.29, 0.717) is 27.9 Å². The summed E-state index contributed by atoms with van der Waals surface area (Å²) in [5.74, 6) is -0.582. The van der Waals surface area contributed by atoms with Crippen LogP contribution in [0, 0.1) is 5.82 Å². The molecule has 0 radical (unpaired) electrons. The summed E-state index contributed by atoms with van der Waals surface area (Å²) in [6.07, 6.45) is 4.65. The maximum Gasteiger partial charge on any atom is 0.247 e. The predicted octanol–water partition coefficient (Wildman–Crippen LogP) is 3.64. The van der Waals surface area contributed by atoms with Gasteiger partial charge in [-0.3, -0.25) is 14.6 Å². The van der Waals surface area contributed by atoms with Gasteiger partial charge in [0.05, 0.1) is 18.3 Å². The van der Waals surface area contributed by atoms with Crippen LogP contribution in [0.1, 0.15) is 22.9 Å². The highest BCUT2D eigenvalue weighted by Crippen LogP contribution is 2.25. The van der Waals surface area contributed by atoms with Gasteiger partial charge in [0.25, 0.3) is 0 Å². The molecule has 186 valence electrons. The molecule has 2 amide bonds. The molecule has 3 heterocycles. The Hall–Kier alpha value is -4.86. The van der Waals surface area contributed by atoms with Crippen molar-refractivity contribution in [3.63, 3.8) is 0 Å². The minimum atomic E-state index is -0.995. The lowest BCUT2D eigenvalue weighted by Crippen LogP contribution is -2.44. The number of aromatic nitrogens is 4. The molecule has 0 aliphatic rings. The third-order valence-corrected chi connectivity index (χ3v) is 5.89. The Bertz CT molecular complexity index is 1490. The molecule has 1 N–H and O–H groups in total. The van der Waals surface area contributed by atoms with Crippen molar-refractivity contribution in [3.05, 3.63) is 114 Å². The largest absolute Gasteiger partial charge is 0.467 e. The van der Waals surface area contributed by atoms with E-state index in [0.717, 1.165) is 0 Å². The molecular weight excluding hydrogens is 475 g/mol. The monoisotopic (exact) mass is 498 g/mol. The lowest BCUT2D eigenvalue weighted by atomic mass is 10.0. The smallest absolute Gasteiger partial charge is 0.247 e. The van der Waals surface area contributed by atoms with Gasteiger partial charge in [0.1, 0.15) is 29.7 Å². The Morgan fingerprint density at radius 1 is 1.00 bits per heavy atom. The molecule has 5 aromatic rings. The van der Waals surface area contributed by atoms with E-state index < -0.39 is 17.8 Å². The van der Waals surface area contributed by atoms with Crippen LogP contribution < -0.4 is 5.32 Å². The molecule has 10 heteroatoms. The zero-order chi connectivity index (χ0) is 25.6. The van der Waals surface area contributed by atoms with Gasteiger partial charge >= 0.3 is 0 Å². The average molecular weight is 499 g/mol. The molecule has 2 aromatic carbocycles. The molecule has 0 aliphatic carbocycles. The molecule has 5 rings (SSSR count). The summed E-state index contributed by atoms with van der Waals surface area (Å²) in [5.41, 5.74) is 2.59. The van der Waals surface area contributed by atoms with Crippen LogP contribution in [0.5, 0.6) is 0 Å². The highest BCUT2D eigenvalue weighted by Gasteiger charge is 2.32. The fourth-order valence-corrected chi connectivity index (χ4v) is 4.07. The van der Waals surface area contributed by atoms with Gasteiger partial charge in [-0.25, -0.2) is 9.07 Å². The number of carbonyl (C=O) groups excluding carboxylic acids is 2. The van der Waals surface area contributed by atoms with Crippen molar-refractivity contribution in [1.29, 1.82) is 0 Å². The third kappa shape index (κ3) is 5.53. The molecule has 0 spiro atoms. The van der Waals surface area contributed by atoms with Crippen LogP contribution >= 0.6 is 0 Å². The van der Waals surface area contributed by atoms with E-state index in [4.69, 9.17) is 4.42 Å². The second-order valence-corrected chi connectivity index (χ2v) is 8.36. The van der Waals surface area contributed by atoms with Crippen molar-refractivity contribution in [2.75, 3.05) is 0 Å². The van der Waals surface area contributed by atoms with Crippen molar-refractivity contribution in [3.8, 4) is 0 Å². The van der Waals surface area contributed by atoms with Crippen molar-refractivity contribution in [2.24, 2.45) is 0 Å². The van der Waals surface area contributed by atoms with E-state index in [1.165, 1.54) is 28.0 Å². The minimum Gasteiger partial charge on any atom is -0.467 e. The number of nitrogens with zero attached hydrogens (tertiary/aromatic N) is 5. The third-order valence-electron chi connectivity index (χ3n) is 5.89. The van der Waals surface area contributed by atoms with Crippen LogP contribution in [-0.4, -0.2) is 36.7 Å². The number of nitrogens with one attached hydrogen (secondary N) is 1. The number of pyridine rings is 1. The molecule has 0 bridgehead atoms. The van der Waals surface area contributed by atoms with Gasteiger partial charge in [0.15, 0.2) is 0 Å². The lowest BCUT2D eigenvalue weighted by molar-refractivity contribution is -0.142. The summed E-state index contributed by atoms with van der Waals surface area (Å²) in [6.45, 7) is 0.0708. The van der Waals surface area contributed by atoms with Gasteiger partial charge in [-0.2, -0.15) is 0 Å². The molecule has 0 fully saturated rings. The number of fused-ring (bicyclic) bond motifs is 1. The Kier molecular flexibility index (Phi) is 6.98. The summed E-state index contributed by atoms with van der Waals surface area (Å²) in [6, 6.07) is 19.0. The summed E-state index contributed by atoms with van der Waals surface area (Å²) in [4.78, 5) is 32.9. The highest BCUT2D eigenvalue weighted by molar-refractivity contribution is 5.89. The molecule has 1 atom stereocenters. The quantitative estimate of drug-likeness (QED) is 0.333. The van der Waals surface area contributed by atoms with E-state index in [1.54, 1.807) is 54.9 Å². The first kappa shape index (κ1) is 23.9. The molecule has 0 unspecified atom stereocenters. The normalized spacial score (nSPS) is 11.8. The van der Waals surface area contributed by atoms with E-state index in [1.807, 2.05) is 18.2 Å². The van der Waals surface area contributed by atoms with Crippen LogP contribution in [0.4, 0.5) is 4.39 Å². The van der Waals surface area contributed by atoms with Gasteiger partial charge in [0, 0.05) is 18.9 Å². The second-order valence-electron chi connectivity index (χ2n) is 8.36. The van der Waals surface area contributed by atoms with E-state index in [9.17, 15) is 14.0 Å². The minimum absolute atomic E-state index is 0.0624. The Morgan fingerprint density at radius 2 is 1.78 bits per heavy atom. The van der Waals surface area contributed by atoms with Crippen LogP contribution in [0.25, 0.3) is 11.0 Å². The van der Waals surface area contributed by atoms with Gasteiger partial charge in [-0.05, 0) is 59.7 Å². The topological polar surface area (TPSA) is 106 Å². The maximum absolute atomic E-state index is 13.8. The Morgan fingerprint density at radius 3 is 2.54 bits per heavy atom. The second kappa shape index (κ2) is 10.8. The van der Waals surface area contributed by atoms with Crippen LogP contribution in [0.15, 0.2) is 95.9 Å². The summed E-state index contributed by atoms with van der Waals surface area (Å²) in [5, 5.41) is 11.1. The Balaban J connectivity index is 1.50. The zero-order valence-corrected chi connectivity index (χ0v) is 19.7. The van der Waals surface area contributed by atoms with Gasteiger partial charge in [-0.1, -0.05) is 29.5 Å². The van der Waals surface area contributed by atoms with E-state index in [-0.39, 0.29) is 25.5 Å². The predicted molar refractivity (Wildman–Crippen MR) is 132 cm³/mol. The number of amides is 2. The summed E-state index contributed by atoms with van der Waals surface area (Å²) in [7, 11) is 0. The zero-order valence-electron chi connectivity index (χ0n) is 19.7. The number of para-hydroxylation sites is 1. The van der Waals surface area contributed by atoms with E-state index >= 15 is 0 Å². The molecule has 3 aromatic heterocycles. The molecule has 9 nitrogen and oxygen atoms in total. The van der Waals surface area contributed by atoms with Crippen LogP contribution in [0.2, 0.25) is 0 Å². The first-order valence-corrected chi connectivity index (χ1v) is 11.6. The number of carbonyl (C=O) groups is 2. The average Bonchev–Trinajstić information content (AvgIpc) is 3.59. The SMILES string of the molecule is O=C(NCc1ccco1)[C@H](c1ccncc1)N(Cc1ccc(F)cc1)C(=O)Cn1nnc2ccccc21. The van der Waals surface area contributed by atoms with Gasteiger partial charge in [0.2, 0.25) is 11.8 Å². The number of furan rings is 1. The molecule has 37 heavy (non-hydrogen) atoms. The lowest BCUT2D eigenvalue weighted by Gasteiger charge is -2.31. The highest BCUT2D eigenvalue weighted by atomic mass is 19.1. The van der Waals surface area contributed by atoms with Crippen molar-refractivity contribution >= 4 is 22.8 Å². The number of halogens is 1. The molecule has 0 saturated heterocycles. The van der Waals surface area contributed by atoms with Gasteiger partial charge < -0.3 is 14.6 Å². The van der Waals surface area contributed by atoms with Gasteiger partial charge in [-0.15, -0.1) is 5.10 Å². The standard InChI is InChI=1S/C27H23FN6O3/c28-21-9-7-19(8-10-21)17-33(25(35)18-34-24-6-2-1-5-23(24)31-32-34)26(20-11-13-29-14-12-20)27(36)30-16-22-4-3-15-37-22/h1-15,26H,16-18H2,(H,30,36)/t26-/m0/s1. The van der Waals surface area contributed by atoms with Crippen LogP contribution in [-0.2, 0) is 29.2 Å². The molecule has 0 aliphatic heterocycles. The van der Waals surface area contributed by atoms with Crippen LogP contribution in [0.3, 0.4) is 0 Å². The summed E-state index contributed by atoms with van der Waals surface area (Å²) >= 11 is 0. The summed E-state index contributed by atoms with van der Waals surface area (Å²) < 4.78 is 20.4. The first-order chi connectivity index (χ1) is 18.1. The number of benzene rings is 2. The number of hydrogen-bond acceptors (Lipinski definition) is 6. The molecular formula is C27H23FN6O3. The Labute approximate surface area is 211 Å². The first-order valence-electron chi connectivity index (χ1n) is 11.6. The molecule has 0 saturated carbocycles. The van der Waals surface area contributed by atoms with E-state index in [2.05, 4.69) is 20.6 Å². The van der Waals surface area contributed by atoms with Crippen molar-refractivity contribution in [1.82, 2.24) is 30.2 Å². The maximum atomic E-state index is 13.8.